The van der Waals surface area contributed by atoms with Crippen molar-refractivity contribution in [2.45, 2.75) is 90.8 Å². The van der Waals surface area contributed by atoms with Crippen LogP contribution in [-0.4, -0.2) is 36.1 Å². The summed E-state index contributed by atoms with van der Waals surface area (Å²) in [6, 6.07) is 2.35. The normalized spacial score (nSPS) is 33.0. The van der Waals surface area contributed by atoms with Crippen LogP contribution in [-0.2, 0) is 0 Å². The molecule has 118 valence electrons. The number of hydrogen-bond acceptors (Lipinski definition) is 2. The maximum atomic E-state index is 3.86. The van der Waals surface area contributed by atoms with E-state index in [9.17, 15) is 0 Å². The van der Waals surface area contributed by atoms with E-state index >= 15 is 0 Å². The molecule has 2 fully saturated rings. The van der Waals surface area contributed by atoms with Gasteiger partial charge in [0.25, 0.3) is 0 Å². The maximum absolute atomic E-state index is 3.86. The molecule has 1 N–H and O–H groups in total. The van der Waals surface area contributed by atoms with Crippen molar-refractivity contribution >= 4 is 0 Å². The first-order chi connectivity index (χ1) is 9.67. The number of rotatable bonds is 5. The Morgan fingerprint density at radius 3 is 2.25 bits per heavy atom. The molecule has 0 radical (unpaired) electrons. The number of nitrogens with zero attached hydrogens (tertiary/aromatic N) is 1. The van der Waals surface area contributed by atoms with E-state index in [-0.39, 0.29) is 0 Å². The third kappa shape index (κ3) is 3.76. The molecule has 0 aromatic carbocycles. The van der Waals surface area contributed by atoms with Crippen LogP contribution in [0.3, 0.4) is 0 Å². The summed E-state index contributed by atoms with van der Waals surface area (Å²) in [7, 11) is 0. The topological polar surface area (TPSA) is 15.3 Å². The van der Waals surface area contributed by atoms with Crippen LogP contribution in [0.1, 0.15) is 72.6 Å². The molecule has 0 amide bonds. The average molecular weight is 280 g/mol. The second-order valence-corrected chi connectivity index (χ2v) is 7.34. The quantitative estimate of drug-likeness (QED) is 0.817. The van der Waals surface area contributed by atoms with E-state index in [0.29, 0.717) is 6.04 Å². The molecular formula is C18H36N2. The minimum Gasteiger partial charge on any atom is -0.311 e. The fraction of sp³-hybridized carbons (Fsp3) is 1.00. The van der Waals surface area contributed by atoms with Crippen LogP contribution in [0.4, 0.5) is 0 Å². The van der Waals surface area contributed by atoms with Crippen LogP contribution in [0.15, 0.2) is 0 Å². The molecule has 2 aliphatic rings. The van der Waals surface area contributed by atoms with Crippen LogP contribution in [0.25, 0.3) is 0 Å². The predicted octanol–water partition coefficient (Wildman–Crippen LogP) is 4.05. The van der Waals surface area contributed by atoms with E-state index < -0.39 is 0 Å². The van der Waals surface area contributed by atoms with Crippen molar-refractivity contribution < 1.29 is 0 Å². The minimum atomic E-state index is 0.710. The Morgan fingerprint density at radius 1 is 1.00 bits per heavy atom. The summed E-state index contributed by atoms with van der Waals surface area (Å²) in [6.45, 7) is 12.0. The zero-order chi connectivity index (χ0) is 14.5. The molecule has 4 unspecified atom stereocenters. The van der Waals surface area contributed by atoms with E-state index in [4.69, 9.17) is 0 Å². The monoisotopic (exact) mass is 280 g/mol. The zero-order valence-corrected chi connectivity index (χ0v) is 14.2. The van der Waals surface area contributed by atoms with Gasteiger partial charge in [-0.1, -0.05) is 59.8 Å². The Bertz CT molecular complexity index is 273. The molecule has 4 atom stereocenters. The van der Waals surface area contributed by atoms with E-state index in [1.54, 1.807) is 0 Å². The van der Waals surface area contributed by atoms with Crippen molar-refractivity contribution in [3.63, 3.8) is 0 Å². The van der Waals surface area contributed by atoms with Gasteiger partial charge in [0.1, 0.15) is 0 Å². The first kappa shape index (κ1) is 16.3. The van der Waals surface area contributed by atoms with Crippen molar-refractivity contribution in [2.24, 2.45) is 11.8 Å². The van der Waals surface area contributed by atoms with Gasteiger partial charge < -0.3 is 5.32 Å². The Kier molecular flexibility index (Phi) is 6.35. The molecule has 1 saturated carbocycles. The lowest BCUT2D eigenvalue weighted by molar-refractivity contribution is 0.0242. The van der Waals surface area contributed by atoms with E-state index in [0.717, 1.165) is 23.9 Å². The summed E-state index contributed by atoms with van der Waals surface area (Å²) in [4.78, 5) is 2.92. The van der Waals surface area contributed by atoms with Crippen LogP contribution < -0.4 is 5.32 Å². The highest BCUT2D eigenvalue weighted by atomic mass is 15.3. The smallest absolute Gasteiger partial charge is 0.0249 e. The van der Waals surface area contributed by atoms with Gasteiger partial charge in [0.05, 0.1) is 0 Å². The molecule has 2 heteroatoms. The molecule has 1 heterocycles. The van der Waals surface area contributed by atoms with Crippen molar-refractivity contribution in [3.05, 3.63) is 0 Å². The molecule has 20 heavy (non-hydrogen) atoms. The molecule has 0 aromatic rings. The van der Waals surface area contributed by atoms with Gasteiger partial charge >= 0.3 is 0 Å². The molecule has 0 aromatic heterocycles. The fourth-order valence-electron chi connectivity index (χ4n) is 4.11. The molecule has 1 aliphatic carbocycles. The SMILES string of the molecule is CCC(C)C1CN(C2CCCCC2)C(C(C)CC)CN1. The summed E-state index contributed by atoms with van der Waals surface area (Å²) in [5, 5.41) is 3.86. The highest BCUT2D eigenvalue weighted by Crippen LogP contribution is 2.30. The van der Waals surface area contributed by atoms with Crippen LogP contribution in [0, 0.1) is 11.8 Å². The van der Waals surface area contributed by atoms with Crippen LogP contribution in [0.5, 0.6) is 0 Å². The molecule has 2 nitrogen and oxygen atoms in total. The maximum Gasteiger partial charge on any atom is 0.0249 e. The third-order valence-electron chi connectivity index (χ3n) is 6.10. The molecule has 1 aliphatic heterocycles. The third-order valence-corrected chi connectivity index (χ3v) is 6.10. The molecular weight excluding hydrogens is 244 g/mol. The Morgan fingerprint density at radius 2 is 1.65 bits per heavy atom. The van der Waals surface area contributed by atoms with Gasteiger partial charge in [-0.15, -0.1) is 0 Å². The second kappa shape index (κ2) is 7.79. The summed E-state index contributed by atoms with van der Waals surface area (Å²) >= 11 is 0. The van der Waals surface area contributed by atoms with Crippen molar-refractivity contribution in [1.82, 2.24) is 10.2 Å². The first-order valence-electron chi connectivity index (χ1n) is 9.16. The largest absolute Gasteiger partial charge is 0.311 e. The Labute approximate surface area is 126 Å². The Hall–Kier alpha value is -0.0800. The average Bonchev–Trinajstić information content (AvgIpc) is 2.53. The van der Waals surface area contributed by atoms with Crippen molar-refractivity contribution in [3.8, 4) is 0 Å². The number of nitrogens with one attached hydrogen (secondary N) is 1. The molecule has 2 rings (SSSR count). The van der Waals surface area contributed by atoms with Crippen molar-refractivity contribution in [2.75, 3.05) is 13.1 Å². The Balaban J connectivity index is 2.05. The van der Waals surface area contributed by atoms with E-state index in [2.05, 4.69) is 37.9 Å². The molecule has 0 spiro atoms. The van der Waals surface area contributed by atoms with Gasteiger partial charge in [0.15, 0.2) is 0 Å². The number of piperazine rings is 1. The standard InChI is InChI=1S/C18H36N2/c1-5-14(3)17-13-20(16-10-8-7-9-11-16)18(12-19-17)15(4)6-2/h14-19H,5-13H2,1-4H3. The molecule has 0 bridgehead atoms. The van der Waals surface area contributed by atoms with E-state index in [1.165, 1.54) is 58.0 Å². The highest BCUT2D eigenvalue weighted by molar-refractivity contribution is 4.94. The lowest BCUT2D eigenvalue weighted by atomic mass is 9.86. The van der Waals surface area contributed by atoms with Gasteiger partial charge in [0.2, 0.25) is 0 Å². The summed E-state index contributed by atoms with van der Waals surface area (Å²) in [5.41, 5.74) is 0. The van der Waals surface area contributed by atoms with Gasteiger partial charge in [-0.05, 0) is 24.7 Å². The zero-order valence-electron chi connectivity index (χ0n) is 14.2. The lowest BCUT2D eigenvalue weighted by Crippen LogP contribution is -2.62. The van der Waals surface area contributed by atoms with Gasteiger partial charge in [-0.3, -0.25) is 4.90 Å². The lowest BCUT2D eigenvalue weighted by Gasteiger charge is -2.49. The summed E-state index contributed by atoms with van der Waals surface area (Å²) < 4.78 is 0. The van der Waals surface area contributed by atoms with Gasteiger partial charge in [-0.25, -0.2) is 0 Å². The van der Waals surface area contributed by atoms with Crippen LogP contribution >= 0.6 is 0 Å². The molecule has 1 saturated heterocycles. The first-order valence-corrected chi connectivity index (χ1v) is 9.16. The van der Waals surface area contributed by atoms with Gasteiger partial charge in [-0.2, -0.15) is 0 Å². The fourth-order valence-corrected chi connectivity index (χ4v) is 4.11. The predicted molar refractivity (Wildman–Crippen MR) is 88.1 cm³/mol. The van der Waals surface area contributed by atoms with E-state index in [1.807, 2.05) is 0 Å². The summed E-state index contributed by atoms with van der Waals surface area (Å²) in [5.74, 6) is 1.63. The highest BCUT2D eigenvalue weighted by Gasteiger charge is 2.36. The number of hydrogen-bond donors (Lipinski definition) is 1. The summed E-state index contributed by atoms with van der Waals surface area (Å²) in [6.07, 6.45) is 9.87. The van der Waals surface area contributed by atoms with Crippen molar-refractivity contribution in [1.29, 1.82) is 0 Å². The minimum absolute atomic E-state index is 0.710. The van der Waals surface area contributed by atoms with Crippen LogP contribution in [0.2, 0.25) is 0 Å². The second-order valence-electron chi connectivity index (χ2n) is 7.34. The van der Waals surface area contributed by atoms with Gasteiger partial charge in [0, 0.05) is 31.2 Å².